The minimum Gasteiger partial charge on any atom is -0.462 e. The first-order chi connectivity index (χ1) is 39.2. The second kappa shape index (κ2) is 62.2. The molecule has 0 aromatic rings. The lowest BCUT2D eigenvalue weighted by Crippen LogP contribution is -2.30. The summed E-state index contributed by atoms with van der Waals surface area (Å²) in [6, 6.07) is 0. The summed E-state index contributed by atoms with van der Waals surface area (Å²) in [5.74, 6) is -1.47. The Balaban J connectivity index is 4.71. The molecule has 0 radical (unpaired) electrons. The fraction of sp³-hybridized carbons (Fsp3) is 0.809. The first-order valence-corrected chi connectivity index (χ1v) is 34.7. The molecule has 3 atom stereocenters. The molecule has 0 spiro atoms. The van der Waals surface area contributed by atoms with Gasteiger partial charge in [-0.15, -0.1) is 0 Å². The Labute approximate surface area is 491 Å². The van der Waals surface area contributed by atoms with Crippen molar-refractivity contribution in [1.29, 1.82) is 0 Å². The molecule has 0 amide bonds. The van der Waals surface area contributed by atoms with E-state index < -0.39 is 57.8 Å². The van der Waals surface area contributed by atoms with Crippen molar-refractivity contribution in [3.8, 4) is 0 Å². The number of hydrogen-bond donors (Lipinski definition) is 2. The molecule has 2 N–H and O–H groups in total. The first kappa shape index (κ1) is 77.2. The van der Waals surface area contributed by atoms with Crippen molar-refractivity contribution in [1.82, 2.24) is 0 Å². The van der Waals surface area contributed by atoms with Gasteiger partial charge in [0.15, 0.2) is 6.10 Å². The quantitative estimate of drug-likeness (QED) is 0.0197. The van der Waals surface area contributed by atoms with Crippen molar-refractivity contribution in [3.05, 3.63) is 60.8 Å². The Hall–Kier alpha value is -2.82. The normalized spacial score (nSPS) is 13.6. The van der Waals surface area contributed by atoms with Crippen molar-refractivity contribution >= 4 is 25.7 Å². The number of phosphoric acid groups is 1. The molecule has 0 saturated carbocycles. The molecule has 0 aliphatic heterocycles. The average Bonchev–Trinajstić information content (AvgIpc) is 3.45. The van der Waals surface area contributed by atoms with Crippen LogP contribution in [0.25, 0.3) is 0 Å². The predicted octanol–water partition coefficient (Wildman–Crippen LogP) is 20.3. The number of carbonyl (C=O) groups is 3. The molecule has 0 aliphatic rings. The number of rotatable bonds is 62. The molecule has 80 heavy (non-hydrogen) atoms. The summed E-state index contributed by atoms with van der Waals surface area (Å²) >= 11 is 0. The largest absolute Gasteiger partial charge is 0.472 e. The summed E-state index contributed by atoms with van der Waals surface area (Å²) in [6.45, 7) is 4.62. The Morgan fingerprint density at radius 2 is 0.613 bits per heavy atom. The van der Waals surface area contributed by atoms with Crippen LogP contribution in [0.2, 0.25) is 0 Å². The van der Waals surface area contributed by atoms with Crippen molar-refractivity contribution in [2.24, 2.45) is 0 Å². The van der Waals surface area contributed by atoms with Gasteiger partial charge >= 0.3 is 25.7 Å². The van der Waals surface area contributed by atoms with E-state index in [1.54, 1.807) is 0 Å². The van der Waals surface area contributed by atoms with Gasteiger partial charge in [0.25, 0.3) is 0 Å². The highest BCUT2D eigenvalue weighted by Crippen LogP contribution is 2.43. The van der Waals surface area contributed by atoms with E-state index >= 15 is 0 Å². The summed E-state index contributed by atoms with van der Waals surface area (Å²) in [4.78, 5) is 48.8. The van der Waals surface area contributed by atoms with Crippen LogP contribution in [0.5, 0.6) is 0 Å². The van der Waals surface area contributed by atoms with E-state index in [9.17, 15) is 28.9 Å². The zero-order chi connectivity index (χ0) is 58.3. The maximum atomic E-state index is 13.0. The molecule has 466 valence electrons. The highest BCUT2D eigenvalue weighted by molar-refractivity contribution is 7.47. The van der Waals surface area contributed by atoms with E-state index in [1.165, 1.54) is 141 Å². The summed E-state index contributed by atoms with van der Waals surface area (Å²) in [5, 5.41) is 9.85. The summed E-state index contributed by atoms with van der Waals surface area (Å²) in [7, 11) is -4.76. The predicted molar refractivity (Wildman–Crippen MR) is 335 cm³/mol. The molecule has 0 aromatic carbocycles. The molecule has 3 unspecified atom stereocenters. The lowest BCUT2D eigenvalue weighted by Gasteiger charge is -2.21. The van der Waals surface area contributed by atoms with Crippen LogP contribution >= 0.6 is 7.82 Å². The molecule has 0 aromatic heterocycles. The van der Waals surface area contributed by atoms with Crippen LogP contribution in [-0.4, -0.2) is 66.5 Å². The monoisotopic (exact) mass is 1150 g/mol. The third-order valence-corrected chi connectivity index (χ3v) is 15.4. The van der Waals surface area contributed by atoms with Crippen LogP contribution < -0.4 is 0 Å². The summed E-state index contributed by atoms with van der Waals surface area (Å²) < 4.78 is 39.7. The lowest BCUT2D eigenvalue weighted by atomic mass is 10.0. The van der Waals surface area contributed by atoms with Gasteiger partial charge in [0, 0.05) is 19.3 Å². The van der Waals surface area contributed by atoms with Gasteiger partial charge in [0.2, 0.25) is 0 Å². The second-order valence-corrected chi connectivity index (χ2v) is 23.7. The number of aliphatic hydroxyl groups excluding tert-OH is 1. The van der Waals surface area contributed by atoms with Crippen LogP contribution in [-0.2, 0) is 42.2 Å². The topological polar surface area (TPSA) is 155 Å². The number of aliphatic hydroxyl groups is 1. The van der Waals surface area contributed by atoms with Gasteiger partial charge < -0.3 is 24.2 Å². The number of carbonyl (C=O) groups excluding carboxylic acids is 3. The first-order valence-electron chi connectivity index (χ1n) is 33.2. The van der Waals surface area contributed by atoms with Crippen LogP contribution in [0, 0.1) is 0 Å². The standard InChI is InChI=1S/C68H123O11P/c1-4-7-10-13-16-19-22-25-28-30-32-34-37-39-42-45-48-51-54-57-66(70)75-61-65(79-68(72)59-56-53-50-47-44-41-38-35-33-31-29-26-23-20-17-14-11-8-5-2)63-77-80(73,74)76-62-64(60-69)78-67(71)58-55-52-49-46-43-40-36-27-24-21-18-15-12-9-6-3/h17-18,20-21,26-27,29,33,35-36,64-65,69H,4-16,19,22-25,28,30-32,34,37-63H2,1-3H3,(H,73,74)/b20-17-,21-18-,29-26-,35-33-,36-27-. The van der Waals surface area contributed by atoms with Gasteiger partial charge in [-0.3, -0.25) is 23.4 Å². The van der Waals surface area contributed by atoms with Crippen molar-refractivity contribution < 1.29 is 52.2 Å². The minimum absolute atomic E-state index is 0.153. The van der Waals surface area contributed by atoms with E-state index in [1.807, 2.05) is 0 Å². The summed E-state index contributed by atoms with van der Waals surface area (Å²) in [5.41, 5.74) is 0. The molecule has 12 heteroatoms. The molecule has 0 saturated heterocycles. The third kappa shape index (κ3) is 59.8. The van der Waals surface area contributed by atoms with Crippen LogP contribution in [0.1, 0.15) is 316 Å². The van der Waals surface area contributed by atoms with Gasteiger partial charge in [-0.2, -0.15) is 0 Å². The number of allylic oxidation sites excluding steroid dienone is 10. The molecule has 0 heterocycles. The zero-order valence-electron chi connectivity index (χ0n) is 51.8. The van der Waals surface area contributed by atoms with E-state index in [0.29, 0.717) is 19.3 Å². The summed E-state index contributed by atoms with van der Waals surface area (Å²) in [6.07, 6.45) is 70.2. The highest BCUT2D eigenvalue weighted by atomic mass is 31.2. The van der Waals surface area contributed by atoms with Gasteiger partial charge in [0.05, 0.1) is 19.8 Å². The minimum atomic E-state index is -4.76. The molecular formula is C68H123O11P. The van der Waals surface area contributed by atoms with Crippen molar-refractivity contribution in [3.63, 3.8) is 0 Å². The van der Waals surface area contributed by atoms with Crippen LogP contribution in [0.4, 0.5) is 0 Å². The van der Waals surface area contributed by atoms with Crippen molar-refractivity contribution in [2.45, 2.75) is 328 Å². The highest BCUT2D eigenvalue weighted by Gasteiger charge is 2.28. The maximum Gasteiger partial charge on any atom is 0.472 e. The fourth-order valence-electron chi connectivity index (χ4n) is 9.34. The Morgan fingerprint density at radius 1 is 0.350 bits per heavy atom. The molecule has 0 bridgehead atoms. The van der Waals surface area contributed by atoms with E-state index in [-0.39, 0.29) is 25.9 Å². The molecule has 0 aliphatic carbocycles. The third-order valence-electron chi connectivity index (χ3n) is 14.4. The van der Waals surface area contributed by atoms with Crippen LogP contribution in [0.15, 0.2) is 60.8 Å². The van der Waals surface area contributed by atoms with Crippen molar-refractivity contribution in [2.75, 3.05) is 26.4 Å². The zero-order valence-corrected chi connectivity index (χ0v) is 52.7. The van der Waals surface area contributed by atoms with Gasteiger partial charge in [-0.25, -0.2) is 4.57 Å². The number of phosphoric ester groups is 1. The lowest BCUT2D eigenvalue weighted by molar-refractivity contribution is -0.161. The number of unbranched alkanes of at least 4 members (excludes halogenated alkanes) is 35. The van der Waals surface area contributed by atoms with Gasteiger partial charge in [0.1, 0.15) is 12.7 Å². The van der Waals surface area contributed by atoms with E-state index in [4.69, 9.17) is 23.3 Å². The Kier molecular flexibility index (Phi) is 60.0. The number of ether oxygens (including phenoxy) is 3. The Morgan fingerprint density at radius 3 is 0.963 bits per heavy atom. The van der Waals surface area contributed by atoms with Crippen LogP contribution in [0.3, 0.4) is 0 Å². The molecule has 0 rings (SSSR count). The SMILES string of the molecule is CCCCC/C=C\C/C=C\C/C=C\CCCCCCCCC(=O)OC(COC(=O)CCCCCCCCCCCCCCCCCCCCC)COP(=O)(O)OCC(CO)OC(=O)CCCCCCC/C=C\C/C=C\CCCCC. The molecular weight excluding hydrogens is 1020 g/mol. The van der Waals surface area contributed by atoms with E-state index in [2.05, 4.69) is 81.5 Å². The molecule has 0 fully saturated rings. The fourth-order valence-corrected chi connectivity index (χ4v) is 10.1. The maximum absolute atomic E-state index is 13.0. The van der Waals surface area contributed by atoms with Gasteiger partial charge in [-0.05, 0) is 89.9 Å². The smallest absolute Gasteiger partial charge is 0.462 e. The van der Waals surface area contributed by atoms with Gasteiger partial charge in [-0.1, -0.05) is 268 Å². The number of esters is 3. The average molecular weight is 1150 g/mol. The molecule has 11 nitrogen and oxygen atoms in total. The Bertz CT molecular complexity index is 1570. The second-order valence-electron chi connectivity index (χ2n) is 22.3. The number of hydrogen-bond acceptors (Lipinski definition) is 10. The van der Waals surface area contributed by atoms with E-state index in [0.717, 1.165) is 116 Å².